The molecule has 1 aliphatic carbocycles. The van der Waals surface area contributed by atoms with Gasteiger partial charge in [0.25, 0.3) is 0 Å². The number of carbonyl (C=O) groups excluding carboxylic acids is 1. The van der Waals surface area contributed by atoms with E-state index in [2.05, 4.69) is 17.4 Å². The standard InChI is InChI=1S/C24H22ClFN2OS/c25-19-14-16(10-11-20(19)26)27-24(29)28-13-12-18-17-8-4-5-9-21(17)30-23(18)22(28)15-6-2-1-3-7-15/h1-3,6-7,10-11,14,22H,4-5,8-9,12-13H2,(H,27,29)/t22-/m0/s1. The Kier molecular flexibility index (Phi) is 5.25. The molecule has 3 aromatic rings. The molecule has 6 heteroatoms. The molecule has 1 aliphatic heterocycles. The van der Waals surface area contributed by atoms with Gasteiger partial charge in [-0.05, 0) is 67.0 Å². The van der Waals surface area contributed by atoms with Gasteiger partial charge in [0.15, 0.2) is 0 Å². The second-order valence-corrected chi connectivity index (χ2v) is 9.41. The first-order valence-corrected chi connectivity index (χ1v) is 11.5. The second-order valence-electron chi connectivity index (χ2n) is 7.87. The zero-order chi connectivity index (χ0) is 20.7. The molecule has 0 spiro atoms. The first kappa shape index (κ1) is 19.6. The van der Waals surface area contributed by atoms with E-state index in [1.165, 1.54) is 51.9 Å². The molecule has 0 fully saturated rings. The molecule has 0 saturated carbocycles. The van der Waals surface area contributed by atoms with Crippen molar-refractivity contribution in [3.05, 3.63) is 85.8 Å². The molecular formula is C24H22ClFN2OS. The third kappa shape index (κ3) is 3.50. The summed E-state index contributed by atoms with van der Waals surface area (Å²) in [7, 11) is 0. The fraction of sp³-hybridized carbons (Fsp3) is 0.292. The molecule has 1 atom stereocenters. The number of benzene rings is 2. The number of thiophene rings is 1. The summed E-state index contributed by atoms with van der Waals surface area (Å²) in [5.74, 6) is -0.497. The Balaban J connectivity index is 1.52. The van der Waals surface area contributed by atoms with E-state index in [0.717, 1.165) is 24.8 Å². The number of carbonyl (C=O) groups is 1. The van der Waals surface area contributed by atoms with E-state index < -0.39 is 5.82 Å². The topological polar surface area (TPSA) is 32.3 Å². The Hall–Kier alpha value is -2.37. The van der Waals surface area contributed by atoms with Crippen molar-refractivity contribution in [2.45, 2.75) is 38.1 Å². The van der Waals surface area contributed by atoms with E-state index in [9.17, 15) is 9.18 Å². The van der Waals surface area contributed by atoms with E-state index in [1.54, 1.807) is 0 Å². The largest absolute Gasteiger partial charge is 0.322 e. The summed E-state index contributed by atoms with van der Waals surface area (Å²) < 4.78 is 13.5. The quantitative estimate of drug-likeness (QED) is 0.478. The fourth-order valence-electron chi connectivity index (χ4n) is 4.60. The van der Waals surface area contributed by atoms with Crippen molar-refractivity contribution in [2.24, 2.45) is 0 Å². The summed E-state index contributed by atoms with van der Waals surface area (Å²) in [5.41, 5.74) is 4.60. The minimum absolute atomic E-state index is 0.000674. The van der Waals surface area contributed by atoms with Crippen LogP contribution < -0.4 is 5.32 Å². The average Bonchev–Trinajstić information content (AvgIpc) is 3.15. The molecule has 2 aromatic carbocycles. The van der Waals surface area contributed by atoms with E-state index >= 15 is 0 Å². The van der Waals surface area contributed by atoms with Crippen molar-refractivity contribution < 1.29 is 9.18 Å². The molecule has 1 N–H and O–H groups in total. The highest BCUT2D eigenvalue weighted by Gasteiger charge is 2.36. The number of amides is 2. The Morgan fingerprint density at radius 1 is 1.07 bits per heavy atom. The Bertz CT molecular complexity index is 1100. The van der Waals surface area contributed by atoms with Crippen LogP contribution >= 0.6 is 22.9 Å². The molecule has 2 heterocycles. The first-order valence-electron chi connectivity index (χ1n) is 10.3. The number of rotatable bonds is 2. The molecular weight excluding hydrogens is 419 g/mol. The van der Waals surface area contributed by atoms with Crippen molar-refractivity contribution in [2.75, 3.05) is 11.9 Å². The van der Waals surface area contributed by atoms with Crippen LogP contribution in [0, 0.1) is 5.82 Å². The Labute approximate surface area is 184 Å². The summed E-state index contributed by atoms with van der Waals surface area (Å²) >= 11 is 7.77. The van der Waals surface area contributed by atoms with Crippen molar-refractivity contribution >= 4 is 34.7 Å². The van der Waals surface area contributed by atoms with Crippen LogP contribution in [0.15, 0.2) is 48.5 Å². The van der Waals surface area contributed by atoms with Crippen LogP contribution in [-0.4, -0.2) is 17.5 Å². The minimum Gasteiger partial charge on any atom is -0.312 e. The Morgan fingerprint density at radius 2 is 1.87 bits per heavy atom. The molecule has 2 aliphatic rings. The van der Waals surface area contributed by atoms with Crippen LogP contribution in [0.1, 0.15) is 45.3 Å². The van der Waals surface area contributed by atoms with Gasteiger partial charge in [-0.1, -0.05) is 41.9 Å². The molecule has 5 rings (SSSR count). The molecule has 0 saturated heterocycles. The summed E-state index contributed by atoms with van der Waals surface area (Å²) in [6.45, 7) is 0.649. The zero-order valence-corrected chi connectivity index (χ0v) is 18.0. The molecule has 3 nitrogen and oxygen atoms in total. The predicted octanol–water partition coefficient (Wildman–Crippen LogP) is 6.60. The van der Waals surface area contributed by atoms with Gasteiger partial charge in [0, 0.05) is 22.0 Å². The van der Waals surface area contributed by atoms with Crippen LogP contribution in [0.5, 0.6) is 0 Å². The molecule has 0 radical (unpaired) electrons. The first-order chi connectivity index (χ1) is 14.6. The molecule has 0 unspecified atom stereocenters. The van der Waals surface area contributed by atoms with Crippen molar-refractivity contribution in [3.8, 4) is 0 Å². The highest BCUT2D eigenvalue weighted by molar-refractivity contribution is 7.12. The summed E-state index contributed by atoms with van der Waals surface area (Å²) in [5, 5.41) is 2.91. The van der Waals surface area contributed by atoms with Crippen LogP contribution in [0.3, 0.4) is 0 Å². The van der Waals surface area contributed by atoms with Gasteiger partial charge < -0.3 is 10.2 Å². The van der Waals surface area contributed by atoms with Crippen LogP contribution in [0.2, 0.25) is 5.02 Å². The van der Waals surface area contributed by atoms with Crippen molar-refractivity contribution in [3.63, 3.8) is 0 Å². The molecule has 30 heavy (non-hydrogen) atoms. The van der Waals surface area contributed by atoms with E-state index in [0.29, 0.717) is 12.2 Å². The van der Waals surface area contributed by atoms with Crippen LogP contribution in [-0.2, 0) is 19.3 Å². The number of aryl methyl sites for hydroxylation is 1. The van der Waals surface area contributed by atoms with Gasteiger partial charge in [-0.15, -0.1) is 11.3 Å². The average molecular weight is 441 g/mol. The predicted molar refractivity (Wildman–Crippen MR) is 120 cm³/mol. The maximum atomic E-state index is 13.5. The summed E-state index contributed by atoms with van der Waals surface area (Å²) in [4.78, 5) is 18.0. The van der Waals surface area contributed by atoms with E-state index in [-0.39, 0.29) is 17.1 Å². The van der Waals surface area contributed by atoms with Gasteiger partial charge in [0.1, 0.15) is 5.82 Å². The number of halogens is 2. The summed E-state index contributed by atoms with van der Waals surface area (Å²) in [6.07, 6.45) is 5.68. The van der Waals surface area contributed by atoms with E-state index in [4.69, 9.17) is 11.6 Å². The van der Waals surface area contributed by atoms with Gasteiger partial charge in [0.05, 0.1) is 11.1 Å². The maximum Gasteiger partial charge on any atom is 0.322 e. The van der Waals surface area contributed by atoms with Gasteiger partial charge in [-0.2, -0.15) is 0 Å². The number of nitrogens with zero attached hydrogens (tertiary/aromatic N) is 1. The lowest BCUT2D eigenvalue weighted by Crippen LogP contribution is -2.42. The van der Waals surface area contributed by atoms with Crippen molar-refractivity contribution in [1.82, 2.24) is 4.90 Å². The highest BCUT2D eigenvalue weighted by atomic mass is 35.5. The number of hydrogen-bond donors (Lipinski definition) is 1. The second kappa shape index (κ2) is 8.05. The van der Waals surface area contributed by atoms with E-state index in [1.807, 2.05) is 34.4 Å². The van der Waals surface area contributed by atoms with Crippen LogP contribution in [0.4, 0.5) is 14.9 Å². The Morgan fingerprint density at radius 3 is 2.67 bits per heavy atom. The number of nitrogens with one attached hydrogen (secondary N) is 1. The van der Waals surface area contributed by atoms with Crippen molar-refractivity contribution in [1.29, 1.82) is 0 Å². The van der Waals surface area contributed by atoms with Gasteiger partial charge in [-0.25, -0.2) is 9.18 Å². The highest BCUT2D eigenvalue weighted by Crippen LogP contribution is 2.45. The number of urea groups is 1. The lowest BCUT2D eigenvalue weighted by molar-refractivity contribution is 0.195. The third-order valence-corrected chi connectivity index (χ3v) is 7.70. The monoisotopic (exact) mass is 440 g/mol. The summed E-state index contributed by atoms with van der Waals surface area (Å²) in [6, 6.07) is 14.2. The zero-order valence-electron chi connectivity index (χ0n) is 16.5. The molecule has 2 amide bonds. The fourth-order valence-corrected chi connectivity index (χ4v) is 6.37. The lowest BCUT2D eigenvalue weighted by Gasteiger charge is -2.36. The lowest BCUT2D eigenvalue weighted by atomic mass is 9.88. The maximum absolute atomic E-state index is 13.5. The van der Waals surface area contributed by atoms with Gasteiger partial charge in [0.2, 0.25) is 0 Å². The van der Waals surface area contributed by atoms with Gasteiger partial charge in [-0.3, -0.25) is 0 Å². The molecule has 0 bridgehead atoms. The molecule has 154 valence electrons. The number of fused-ring (bicyclic) bond motifs is 3. The SMILES string of the molecule is O=C(Nc1ccc(F)c(Cl)c1)N1CCc2c(sc3c2CCCC3)[C@@H]1c1ccccc1. The normalized spacial score (nSPS) is 17.9. The smallest absolute Gasteiger partial charge is 0.312 e. The minimum atomic E-state index is -0.497. The number of anilines is 1. The van der Waals surface area contributed by atoms with Crippen LogP contribution in [0.25, 0.3) is 0 Å². The third-order valence-electron chi connectivity index (χ3n) is 6.02. The number of hydrogen-bond acceptors (Lipinski definition) is 2. The van der Waals surface area contributed by atoms with Gasteiger partial charge >= 0.3 is 6.03 Å². The molecule has 1 aromatic heterocycles.